The maximum atomic E-state index is 13.4. The highest BCUT2D eigenvalue weighted by Crippen LogP contribution is 2.38. The molecule has 124 valence electrons. The van der Waals surface area contributed by atoms with Gasteiger partial charge in [-0.2, -0.15) is 0 Å². The van der Waals surface area contributed by atoms with Crippen LogP contribution in [-0.2, 0) is 0 Å². The van der Waals surface area contributed by atoms with E-state index in [1.807, 2.05) is 43.3 Å². The molecule has 4 aromatic rings. The fraction of sp³-hybridized carbons (Fsp3) is 0.0556. The van der Waals surface area contributed by atoms with Crippen LogP contribution in [0.2, 0.25) is 0 Å². The van der Waals surface area contributed by atoms with Crippen molar-refractivity contribution in [2.45, 2.75) is 6.92 Å². The third kappa shape index (κ3) is 3.42. The molecule has 0 aliphatic carbocycles. The molecule has 0 saturated carbocycles. The van der Waals surface area contributed by atoms with Gasteiger partial charge in [0.1, 0.15) is 10.8 Å². The molecule has 0 saturated heterocycles. The van der Waals surface area contributed by atoms with Gasteiger partial charge in [0.05, 0.1) is 10.6 Å². The van der Waals surface area contributed by atoms with Crippen molar-refractivity contribution in [2.24, 2.45) is 0 Å². The Bertz CT molecular complexity index is 1010. The minimum Gasteiger partial charge on any atom is -0.330 e. The molecule has 2 aromatic carbocycles. The molecule has 0 radical (unpaired) electrons. The number of aryl methyl sites for hydroxylation is 1. The van der Waals surface area contributed by atoms with Crippen LogP contribution in [0.3, 0.4) is 0 Å². The van der Waals surface area contributed by atoms with E-state index in [2.05, 4.69) is 20.5 Å². The Morgan fingerprint density at radius 2 is 1.76 bits per heavy atom. The maximum absolute atomic E-state index is 13.4. The van der Waals surface area contributed by atoms with Gasteiger partial charge in [0.25, 0.3) is 0 Å². The van der Waals surface area contributed by atoms with E-state index in [1.165, 1.54) is 34.8 Å². The number of nitrogens with one attached hydrogen (secondary N) is 1. The first-order chi connectivity index (χ1) is 12.2. The predicted octanol–water partition coefficient (Wildman–Crippen LogP) is 5.52. The second-order valence-corrected chi connectivity index (χ2v) is 7.32. The van der Waals surface area contributed by atoms with Crippen LogP contribution in [0.4, 0.5) is 15.2 Å². The van der Waals surface area contributed by atoms with Gasteiger partial charge in [-0.1, -0.05) is 41.7 Å². The smallest absolute Gasteiger partial charge is 0.210 e. The van der Waals surface area contributed by atoms with Gasteiger partial charge in [-0.15, -0.1) is 21.5 Å². The fourth-order valence-corrected chi connectivity index (χ4v) is 4.30. The van der Waals surface area contributed by atoms with Crippen molar-refractivity contribution in [1.29, 1.82) is 0 Å². The molecule has 4 rings (SSSR count). The number of benzene rings is 2. The Labute approximate surface area is 152 Å². The van der Waals surface area contributed by atoms with Gasteiger partial charge in [0.2, 0.25) is 5.13 Å². The number of para-hydroxylation sites is 1. The fourth-order valence-electron chi connectivity index (χ4n) is 2.35. The molecule has 0 spiro atoms. The molecule has 0 atom stereocenters. The van der Waals surface area contributed by atoms with E-state index < -0.39 is 0 Å². The summed E-state index contributed by atoms with van der Waals surface area (Å²) in [6, 6.07) is 16.3. The van der Waals surface area contributed by atoms with Crippen LogP contribution in [0.25, 0.3) is 20.5 Å². The zero-order valence-electron chi connectivity index (χ0n) is 13.2. The van der Waals surface area contributed by atoms with Crippen LogP contribution >= 0.6 is 22.7 Å². The normalized spacial score (nSPS) is 10.8. The molecule has 4 nitrogen and oxygen atoms in total. The minimum absolute atomic E-state index is 0.267. The Morgan fingerprint density at radius 1 is 0.920 bits per heavy atom. The molecule has 1 N–H and O–H groups in total. The monoisotopic (exact) mass is 368 g/mol. The van der Waals surface area contributed by atoms with Crippen molar-refractivity contribution in [3.63, 3.8) is 0 Å². The molecule has 0 unspecified atom stereocenters. The summed E-state index contributed by atoms with van der Waals surface area (Å²) >= 11 is 2.97. The van der Waals surface area contributed by atoms with Gasteiger partial charge in [0, 0.05) is 11.3 Å². The second-order valence-electron chi connectivity index (χ2n) is 5.35. The number of aromatic nitrogens is 3. The number of hydrogen-bond donors (Lipinski definition) is 1. The average molecular weight is 368 g/mol. The largest absolute Gasteiger partial charge is 0.330 e. The van der Waals surface area contributed by atoms with Crippen LogP contribution in [0.5, 0.6) is 0 Å². The average Bonchev–Trinajstić information content (AvgIpc) is 3.22. The first-order valence-corrected chi connectivity index (χ1v) is 9.21. The van der Waals surface area contributed by atoms with Crippen LogP contribution in [-0.4, -0.2) is 15.2 Å². The summed E-state index contributed by atoms with van der Waals surface area (Å²) in [5.41, 5.74) is 2.60. The number of rotatable bonds is 4. The molecule has 0 aliphatic heterocycles. The molecule has 2 aromatic heterocycles. The minimum atomic E-state index is -0.267. The number of halogens is 1. The van der Waals surface area contributed by atoms with Gasteiger partial charge in [0.15, 0.2) is 5.01 Å². The van der Waals surface area contributed by atoms with E-state index in [-0.39, 0.29) is 5.82 Å². The molecule has 0 bridgehead atoms. The highest BCUT2D eigenvalue weighted by atomic mass is 32.1. The summed E-state index contributed by atoms with van der Waals surface area (Å²) in [6.45, 7) is 1.93. The second kappa shape index (κ2) is 6.70. The molecule has 25 heavy (non-hydrogen) atoms. The van der Waals surface area contributed by atoms with Gasteiger partial charge in [-0.05, 0) is 31.2 Å². The number of nitrogens with zero attached hydrogens (tertiary/aromatic N) is 3. The van der Waals surface area contributed by atoms with Crippen molar-refractivity contribution in [1.82, 2.24) is 15.2 Å². The van der Waals surface area contributed by atoms with E-state index >= 15 is 0 Å². The highest BCUT2D eigenvalue weighted by molar-refractivity contribution is 7.24. The summed E-state index contributed by atoms with van der Waals surface area (Å²) in [7, 11) is 0. The van der Waals surface area contributed by atoms with Crippen LogP contribution in [0, 0.1) is 12.7 Å². The van der Waals surface area contributed by atoms with E-state index in [0.717, 1.165) is 37.0 Å². The van der Waals surface area contributed by atoms with Crippen molar-refractivity contribution >= 4 is 33.5 Å². The maximum Gasteiger partial charge on any atom is 0.210 e. The quantitative estimate of drug-likeness (QED) is 0.515. The van der Waals surface area contributed by atoms with Crippen LogP contribution in [0.1, 0.15) is 5.69 Å². The topological polar surface area (TPSA) is 50.7 Å². The molecule has 7 heteroatoms. The molecule has 2 heterocycles. The molecule has 0 amide bonds. The van der Waals surface area contributed by atoms with Crippen LogP contribution < -0.4 is 5.32 Å². The van der Waals surface area contributed by atoms with Gasteiger partial charge < -0.3 is 5.32 Å². The molecular formula is C18H13FN4S2. The molecule has 0 fully saturated rings. The third-order valence-corrected chi connectivity index (χ3v) is 5.71. The Kier molecular flexibility index (Phi) is 4.25. The summed E-state index contributed by atoms with van der Waals surface area (Å²) in [6.07, 6.45) is 0. The third-order valence-electron chi connectivity index (χ3n) is 3.51. The highest BCUT2D eigenvalue weighted by Gasteiger charge is 2.16. The number of hydrogen-bond acceptors (Lipinski definition) is 6. The summed E-state index contributed by atoms with van der Waals surface area (Å²) < 4.78 is 13.4. The van der Waals surface area contributed by atoms with E-state index in [4.69, 9.17) is 0 Å². The number of thiazole rings is 1. The first kappa shape index (κ1) is 15.9. The zero-order valence-corrected chi connectivity index (χ0v) is 14.9. The first-order valence-electron chi connectivity index (χ1n) is 7.58. The summed E-state index contributed by atoms with van der Waals surface area (Å²) in [5.74, 6) is -0.267. The standard InChI is InChI=1S/C18H13FN4S2/c1-11-15(24-16(20-11)12-6-5-7-13(19)10-12)17-22-23-18(25-17)21-14-8-3-2-4-9-14/h2-10H,1H3,(H,21,23). The van der Waals surface area contributed by atoms with E-state index in [0.29, 0.717) is 0 Å². The number of anilines is 2. The zero-order chi connectivity index (χ0) is 17.2. The lowest BCUT2D eigenvalue weighted by atomic mass is 10.2. The van der Waals surface area contributed by atoms with Gasteiger partial charge in [-0.25, -0.2) is 9.37 Å². The lowest BCUT2D eigenvalue weighted by Gasteiger charge is -1.99. The van der Waals surface area contributed by atoms with Crippen molar-refractivity contribution in [3.8, 4) is 20.5 Å². The summed E-state index contributed by atoms with van der Waals surface area (Å²) in [4.78, 5) is 5.52. The van der Waals surface area contributed by atoms with E-state index in [1.54, 1.807) is 6.07 Å². The van der Waals surface area contributed by atoms with Gasteiger partial charge in [-0.3, -0.25) is 0 Å². The Morgan fingerprint density at radius 3 is 2.56 bits per heavy atom. The molecular weight excluding hydrogens is 355 g/mol. The van der Waals surface area contributed by atoms with Crippen LogP contribution in [0.15, 0.2) is 54.6 Å². The van der Waals surface area contributed by atoms with Gasteiger partial charge >= 0.3 is 0 Å². The lowest BCUT2D eigenvalue weighted by molar-refractivity contribution is 0.628. The van der Waals surface area contributed by atoms with Crippen molar-refractivity contribution < 1.29 is 4.39 Å². The van der Waals surface area contributed by atoms with E-state index in [9.17, 15) is 4.39 Å². The predicted molar refractivity (Wildman–Crippen MR) is 101 cm³/mol. The lowest BCUT2D eigenvalue weighted by Crippen LogP contribution is -1.87. The Hall–Kier alpha value is -2.64. The van der Waals surface area contributed by atoms with Crippen molar-refractivity contribution in [2.75, 3.05) is 5.32 Å². The van der Waals surface area contributed by atoms with Crippen molar-refractivity contribution in [3.05, 3.63) is 66.1 Å². The SMILES string of the molecule is Cc1nc(-c2cccc(F)c2)sc1-c1nnc(Nc2ccccc2)s1. The molecule has 0 aliphatic rings. The Balaban J connectivity index is 1.62. The summed E-state index contributed by atoms with van der Waals surface area (Å²) in [5, 5.41) is 14.0.